The van der Waals surface area contributed by atoms with E-state index in [2.05, 4.69) is 9.36 Å². The first-order valence-electron chi connectivity index (χ1n) is 5.47. The zero-order valence-electron chi connectivity index (χ0n) is 9.55. The Bertz CT molecular complexity index is 437. The number of piperidine rings is 1. The summed E-state index contributed by atoms with van der Waals surface area (Å²) >= 11 is 1.11. The molecule has 2 heterocycles. The molecule has 0 aromatic carbocycles. The van der Waals surface area contributed by atoms with Crippen LogP contribution in [0.1, 0.15) is 28.5 Å². The highest BCUT2D eigenvalue weighted by Crippen LogP contribution is 2.19. The van der Waals surface area contributed by atoms with Crippen molar-refractivity contribution in [3.05, 3.63) is 10.8 Å². The highest BCUT2D eigenvalue weighted by molar-refractivity contribution is 7.07. The predicted molar refractivity (Wildman–Crippen MR) is 62.5 cm³/mol. The fourth-order valence-electron chi connectivity index (χ4n) is 1.89. The van der Waals surface area contributed by atoms with Crippen molar-refractivity contribution in [3.8, 4) is 0 Å². The molecule has 92 valence electrons. The van der Waals surface area contributed by atoms with E-state index in [1.165, 1.54) is 0 Å². The number of amides is 2. The van der Waals surface area contributed by atoms with Crippen LogP contribution < -0.4 is 5.73 Å². The van der Waals surface area contributed by atoms with Crippen LogP contribution in [0.15, 0.2) is 0 Å². The van der Waals surface area contributed by atoms with E-state index in [1.54, 1.807) is 11.8 Å². The van der Waals surface area contributed by atoms with Crippen LogP contribution >= 0.6 is 11.5 Å². The van der Waals surface area contributed by atoms with E-state index >= 15 is 0 Å². The fraction of sp³-hybridized carbons (Fsp3) is 0.600. The van der Waals surface area contributed by atoms with Crippen LogP contribution in [0.5, 0.6) is 0 Å². The van der Waals surface area contributed by atoms with Gasteiger partial charge in [-0.15, -0.1) is 0 Å². The lowest BCUT2D eigenvalue weighted by atomic mass is 9.96. The summed E-state index contributed by atoms with van der Waals surface area (Å²) in [7, 11) is 0. The average Bonchev–Trinajstić information content (AvgIpc) is 2.75. The number of likely N-dealkylation sites (tertiary alicyclic amines) is 1. The van der Waals surface area contributed by atoms with Gasteiger partial charge in [-0.1, -0.05) is 0 Å². The second-order valence-electron chi connectivity index (χ2n) is 4.12. The van der Waals surface area contributed by atoms with Crippen molar-refractivity contribution in [1.29, 1.82) is 0 Å². The number of primary amides is 1. The smallest absolute Gasteiger partial charge is 0.284 e. The average molecular weight is 254 g/mol. The third-order valence-corrected chi connectivity index (χ3v) is 3.69. The number of aryl methyl sites for hydroxylation is 1. The van der Waals surface area contributed by atoms with Gasteiger partial charge < -0.3 is 10.6 Å². The maximum Gasteiger partial charge on any atom is 0.284 e. The van der Waals surface area contributed by atoms with Gasteiger partial charge in [0.05, 0.1) is 0 Å². The molecule has 7 heteroatoms. The van der Waals surface area contributed by atoms with Gasteiger partial charge in [0.2, 0.25) is 10.9 Å². The lowest BCUT2D eigenvalue weighted by Crippen LogP contribution is -2.41. The van der Waals surface area contributed by atoms with Gasteiger partial charge in [0, 0.05) is 19.0 Å². The van der Waals surface area contributed by atoms with Crippen molar-refractivity contribution in [3.63, 3.8) is 0 Å². The third kappa shape index (κ3) is 2.60. The molecule has 0 atom stereocenters. The lowest BCUT2D eigenvalue weighted by molar-refractivity contribution is -0.123. The molecule has 0 spiro atoms. The molecule has 0 radical (unpaired) electrons. The Hall–Kier alpha value is -1.50. The van der Waals surface area contributed by atoms with Crippen LogP contribution in [-0.4, -0.2) is 39.2 Å². The van der Waals surface area contributed by atoms with Crippen LogP contribution in [0.2, 0.25) is 0 Å². The van der Waals surface area contributed by atoms with Crippen molar-refractivity contribution < 1.29 is 9.59 Å². The summed E-state index contributed by atoms with van der Waals surface area (Å²) in [5.74, 6) is 0.142. The Labute approximate surface area is 103 Å². The minimum atomic E-state index is -0.274. The maximum atomic E-state index is 12.0. The second-order valence-corrected chi connectivity index (χ2v) is 4.87. The van der Waals surface area contributed by atoms with Gasteiger partial charge in [-0.3, -0.25) is 9.59 Å². The summed E-state index contributed by atoms with van der Waals surface area (Å²) in [5, 5.41) is 0.417. The molecule has 1 aliphatic rings. The Morgan fingerprint density at radius 1 is 1.41 bits per heavy atom. The maximum absolute atomic E-state index is 12.0. The summed E-state index contributed by atoms with van der Waals surface area (Å²) in [6, 6.07) is 0. The number of rotatable bonds is 2. The van der Waals surface area contributed by atoms with Gasteiger partial charge in [0.25, 0.3) is 5.91 Å². The SMILES string of the molecule is Cc1nsc(C(=O)N2CCC(C(N)=O)CC2)n1. The first kappa shape index (κ1) is 12.0. The van der Waals surface area contributed by atoms with Gasteiger partial charge in [-0.25, -0.2) is 4.98 Å². The predicted octanol–water partition coefficient (Wildman–Crippen LogP) is 0.184. The number of nitrogens with two attached hydrogens (primary N) is 1. The van der Waals surface area contributed by atoms with Crippen molar-refractivity contribution in [2.45, 2.75) is 19.8 Å². The quantitative estimate of drug-likeness (QED) is 0.815. The molecular weight excluding hydrogens is 240 g/mol. The summed E-state index contributed by atoms with van der Waals surface area (Å²) in [6.07, 6.45) is 1.28. The summed E-state index contributed by atoms with van der Waals surface area (Å²) in [4.78, 5) is 28.8. The molecule has 1 aliphatic heterocycles. The number of hydrogen-bond acceptors (Lipinski definition) is 5. The van der Waals surface area contributed by atoms with E-state index in [0.717, 1.165) is 11.5 Å². The van der Waals surface area contributed by atoms with Crippen LogP contribution in [0.25, 0.3) is 0 Å². The molecule has 1 saturated heterocycles. The monoisotopic (exact) mass is 254 g/mol. The molecule has 0 aliphatic carbocycles. The number of hydrogen-bond donors (Lipinski definition) is 1. The van der Waals surface area contributed by atoms with E-state index < -0.39 is 0 Å². The fourth-order valence-corrected chi connectivity index (χ4v) is 2.53. The zero-order valence-corrected chi connectivity index (χ0v) is 10.4. The molecule has 0 bridgehead atoms. The summed E-state index contributed by atoms with van der Waals surface area (Å²) in [6.45, 7) is 2.88. The third-order valence-electron chi connectivity index (χ3n) is 2.90. The molecule has 2 N–H and O–H groups in total. The Kier molecular flexibility index (Phi) is 3.37. The van der Waals surface area contributed by atoms with Crippen LogP contribution in [-0.2, 0) is 4.79 Å². The lowest BCUT2D eigenvalue weighted by Gasteiger charge is -2.29. The van der Waals surface area contributed by atoms with E-state index in [0.29, 0.717) is 36.8 Å². The minimum absolute atomic E-state index is 0.0986. The molecule has 6 nitrogen and oxygen atoms in total. The van der Waals surface area contributed by atoms with E-state index in [9.17, 15) is 9.59 Å². The number of carbonyl (C=O) groups is 2. The highest BCUT2D eigenvalue weighted by Gasteiger charge is 2.27. The van der Waals surface area contributed by atoms with Gasteiger partial charge in [-0.2, -0.15) is 4.37 Å². The van der Waals surface area contributed by atoms with Gasteiger partial charge in [0.15, 0.2) is 0 Å². The molecule has 2 amide bonds. The van der Waals surface area contributed by atoms with Crippen LogP contribution in [0, 0.1) is 12.8 Å². The largest absolute Gasteiger partial charge is 0.369 e. The first-order chi connectivity index (χ1) is 8.08. The second kappa shape index (κ2) is 4.79. The zero-order chi connectivity index (χ0) is 12.4. The first-order valence-corrected chi connectivity index (χ1v) is 6.24. The Morgan fingerprint density at radius 3 is 2.53 bits per heavy atom. The molecule has 17 heavy (non-hydrogen) atoms. The molecule has 1 aromatic rings. The van der Waals surface area contributed by atoms with E-state index in [1.807, 2.05) is 0 Å². The standard InChI is InChI=1S/C10H14N4O2S/c1-6-12-9(17-13-6)10(16)14-4-2-7(3-5-14)8(11)15/h7H,2-5H2,1H3,(H2,11,15). The van der Waals surface area contributed by atoms with Crippen molar-refractivity contribution in [2.75, 3.05) is 13.1 Å². The molecule has 0 saturated carbocycles. The number of nitrogens with zero attached hydrogens (tertiary/aromatic N) is 3. The van der Waals surface area contributed by atoms with Gasteiger partial charge in [-0.05, 0) is 31.3 Å². The minimum Gasteiger partial charge on any atom is -0.369 e. The Balaban J connectivity index is 1.97. The molecule has 2 rings (SSSR count). The summed E-state index contributed by atoms with van der Waals surface area (Å²) < 4.78 is 3.98. The Morgan fingerprint density at radius 2 is 2.06 bits per heavy atom. The van der Waals surface area contributed by atoms with Gasteiger partial charge in [0.1, 0.15) is 5.82 Å². The topological polar surface area (TPSA) is 89.2 Å². The summed E-state index contributed by atoms with van der Waals surface area (Å²) in [5.41, 5.74) is 5.24. The van der Waals surface area contributed by atoms with E-state index in [-0.39, 0.29) is 17.7 Å². The van der Waals surface area contributed by atoms with Crippen molar-refractivity contribution >= 4 is 23.3 Å². The molecular formula is C10H14N4O2S. The van der Waals surface area contributed by atoms with Gasteiger partial charge >= 0.3 is 0 Å². The number of carbonyl (C=O) groups excluding carboxylic acids is 2. The normalized spacial score (nSPS) is 17.1. The van der Waals surface area contributed by atoms with E-state index in [4.69, 9.17) is 5.73 Å². The van der Waals surface area contributed by atoms with Crippen molar-refractivity contribution in [2.24, 2.45) is 11.7 Å². The molecule has 0 unspecified atom stereocenters. The molecule has 1 aromatic heterocycles. The van der Waals surface area contributed by atoms with Crippen LogP contribution in [0.4, 0.5) is 0 Å². The van der Waals surface area contributed by atoms with Crippen LogP contribution in [0.3, 0.4) is 0 Å². The molecule has 1 fully saturated rings. The van der Waals surface area contributed by atoms with Crippen molar-refractivity contribution in [1.82, 2.24) is 14.3 Å². The highest BCUT2D eigenvalue weighted by atomic mass is 32.1. The number of aromatic nitrogens is 2.